The molecule has 140 valence electrons. The van der Waals surface area contributed by atoms with Gasteiger partial charge in [0.1, 0.15) is 5.75 Å². The molecule has 2 amide bonds. The van der Waals surface area contributed by atoms with Crippen molar-refractivity contribution in [3.8, 4) is 5.75 Å². The van der Waals surface area contributed by atoms with Gasteiger partial charge in [-0.2, -0.15) is 0 Å². The van der Waals surface area contributed by atoms with E-state index in [1.165, 1.54) is 0 Å². The maximum Gasteiger partial charge on any atom is 0.227 e. The van der Waals surface area contributed by atoms with E-state index in [-0.39, 0.29) is 36.6 Å². The molecule has 1 heterocycles. The zero-order valence-electron chi connectivity index (χ0n) is 14.3. The van der Waals surface area contributed by atoms with Gasteiger partial charge in [0.15, 0.2) is 0 Å². The molecule has 25 heavy (non-hydrogen) atoms. The number of carbonyl (C=O) groups is 2. The normalized spacial score (nSPS) is 16.8. The first kappa shape index (κ1) is 21.5. The van der Waals surface area contributed by atoms with Crippen LogP contribution in [-0.2, 0) is 16.0 Å². The molecule has 1 fully saturated rings. The number of ether oxygens (including phenoxy) is 1. The fraction of sp³-hybridized carbons (Fsp3) is 0.529. The molecule has 1 unspecified atom stereocenters. The number of rotatable bonds is 6. The number of likely N-dealkylation sites (tertiary alicyclic amines) is 1. The zero-order chi connectivity index (χ0) is 17.5. The molecular formula is C17H25Cl2N3O3. The highest BCUT2D eigenvalue weighted by molar-refractivity contribution is 6.30. The predicted octanol–water partition coefficient (Wildman–Crippen LogP) is 1.63. The van der Waals surface area contributed by atoms with Crippen LogP contribution < -0.4 is 15.8 Å². The van der Waals surface area contributed by atoms with Gasteiger partial charge in [-0.3, -0.25) is 9.59 Å². The molecule has 1 aliphatic heterocycles. The summed E-state index contributed by atoms with van der Waals surface area (Å²) in [4.78, 5) is 26.4. The van der Waals surface area contributed by atoms with E-state index in [0.29, 0.717) is 37.0 Å². The van der Waals surface area contributed by atoms with Crippen LogP contribution in [0.4, 0.5) is 0 Å². The van der Waals surface area contributed by atoms with E-state index in [4.69, 9.17) is 22.1 Å². The Morgan fingerprint density at radius 2 is 2.20 bits per heavy atom. The highest BCUT2D eigenvalue weighted by Gasteiger charge is 2.28. The first-order valence-corrected chi connectivity index (χ1v) is 8.51. The number of amides is 2. The lowest BCUT2D eigenvalue weighted by molar-refractivity contribution is -0.135. The topological polar surface area (TPSA) is 84.7 Å². The molecule has 1 atom stereocenters. The summed E-state index contributed by atoms with van der Waals surface area (Å²) in [6, 6.07) is 5.23. The number of piperidine rings is 1. The Bertz CT molecular complexity index is 599. The van der Waals surface area contributed by atoms with Gasteiger partial charge in [-0.25, -0.2) is 0 Å². The molecule has 0 spiro atoms. The van der Waals surface area contributed by atoms with Gasteiger partial charge in [0.2, 0.25) is 11.8 Å². The van der Waals surface area contributed by atoms with Gasteiger partial charge in [-0.05, 0) is 31.0 Å². The number of halogens is 2. The van der Waals surface area contributed by atoms with E-state index < -0.39 is 0 Å². The van der Waals surface area contributed by atoms with Gasteiger partial charge in [-0.15, -0.1) is 12.4 Å². The van der Waals surface area contributed by atoms with Crippen LogP contribution in [0.25, 0.3) is 0 Å². The third kappa shape index (κ3) is 6.06. The average Bonchev–Trinajstić information content (AvgIpc) is 2.60. The van der Waals surface area contributed by atoms with E-state index in [9.17, 15) is 9.59 Å². The Morgan fingerprint density at radius 3 is 2.88 bits per heavy atom. The number of nitrogens with zero attached hydrogens (tertiary/aromatic N) is 1. The number of carbonyl (C=O) groups excluding carboxylic acids is 2. The van der Waals surface area contributed by atoms with E-state index in [0.717, 1.165) is 18.4 Å². The van der Waals surface area contributed by atoms with Crippen molar-refractivity contribution in [1.82, 2.24) is 10.2 Å². The Hall–Kier alpha value is -1.50. The van der Waals surface area contributed by atoms with Crippen LogP contribution in [0.1, 0.15) is 18.4 Å². The summed E-state index contributed by atoms with van der Waals surface area (Å²) in [5, 5.41) is 3.36. The molecule has 6 nitrogen and oxygen atoms in total. The minimum atomic E-state index is -0.171. The zero-order valence-corrected chi connectivity index (χ0v) is 15.9. The maximum atomic E-state index is 12.6. The molecule has 1 aliphatic rings. The summed E-state index contributed by atoms with van der Waals surface area (Å²) < 4.78 is 5.29. The van der Waals surface area contributed by atoms with Gasteiger partial charge in [0.25, 0.3) is 0 Å². The van der Waals surface area contributed by atoms with Crippen molar-refractivity contribution in [2.75, 3.05) is 33.3 Å². The molecule has 3 N–H and O–H groups in total. The lowest BCUT2D eigenvalue weighted by Gasteiger charge is -2.32. The molecule has 0 saturated carbocycles. The van der Waals surface area contributed by atoms with Crippen LogP contribution in [0, 0.1) is 5.92 Å². The smallest absolute Gasteiger partial charge is 0.227 e. The molecule has 2 rings (SSSR count). The SMILES string of the molecule is COc1ccc(Cl)cc1CC(=O)N1CCCC(C(=O)NCCN)C1.Cl. The van der Waals surface area contributed by atoms with E-state index in [1.54, 1.807) is 30.2 Å². The standard InChI is InChI=1S/C17H24ClN3O3.ClH/c1-24-15-5-4-14(18)9-13(15)10-16(22)21-8-2-3-12(11-21)17(23)20-7-6-19;/h4-5,9,12H,2-3,6-8,10-11,19H2,1H3,(H,20,23);1H. The summed E-state index contributed by atoms with van der Waals surface area (Å²) >= 11 is 6.01. The van der Waals surface area contributed by atoms with Gasteiger partial charge in [0, 0.05) is 36.8 Å². The Morgan fingerprint density at radius 1 is 1.44 bits per heavy atom. The molecule has 0 bridgehead atoms. The molecule has 0 aromatic heterocycles. The third-order valence-corrected chi connectivity index (χ3v) is 4.41. The first-order chi connectivity index (χ1) is 11.5. The number of hydrogen-bond donors (Lipinski definition) is 2. The second-order valence-corrected chi connectivity index (χ2v) is 6.33. The van der Waals surface area contributed by atoms with Crippen molar-refractivity contribution in [2.45, 2.75) is 19.3 Å². The van der Waals surface area contributed by atoms with Crippen LogP contribution >= 0.6 is 24.0 Å². The Kier molecular flexibility index (Phi) is 9.03. The minimum absolute atomic E-state index is 0. The van der Waals surface area contributed by atoms with Crippen molar-refractivity contribution < 1.29 is 14.3 Å². The van der Waals surface area contributed by atoms with E-state index in [2.05, 4.69) is 5.32 Å². The first-order valence-electron chi connectivity index (χ1n) is 8.13. The molecule has 0 aliphatic carbocycles. The van der Waals surface area contributed by atoms with E-state index in [1.807, 2.05) is 0 Å². The Labute approximate surface area is 159 Å². The van der Waals surface area contributed by atoms with Crippen LogP contribution in [0.3, 0.4) is 0 Å². The summed E-state index contributed by atoms with van der Waals surface area (Å²) in [5.74, 6) is 0.419. The van der Waals surface area contributed by atoms with Crippen LogP contribution in [0.2, 0.25) is 5.02 Å². The summed E-state index contributed by atoms with van der Waals surface area (Å²) in [5.41, 5.74) is 6.16. The fourth-order valence-electron chi connectivity index (χ4n) is 2.92. The van der Waals surface area contributed by atoms with Crippen molar-refractivity contribution in [2.24, 2.45) is 11.7 Å². The largest absolute Gasteiger partial charge is 0.496 e. The highest BCUT2D eigenvalue weighted by atomic mass is 35.5. The van der Waals surface area contributed by atoms with Crippen LogP contribution in [-0.4, -0.2) is 50.0 Å². The lowest BCUT2D eigenvalue weighted by Crippen LogP contribution is -2.46. The summed E-state index contributed by atoms with van der Waals surface area (Å²) in [7, 11) is 1.57. The second kappa shape index (κ2) is 10.5. The van der Waals surface area contributed by atoms with Crippen LogP contribution in [0.15, 0.2) is 18.2 Å². The lowest BCUT2D eigenvalue weighted by atomic mass is 9.96. The number of nitrogens with two attached hydrogens (primary N) is 1. The highest BCUT2D eigenvalue weighted by Crippen LogP contribution is 2.24. The third-order valence-electron chi connectivity index (χ3n) is 4.17. The molecular weight excluding hydrogens is 365 g/mol. The summed E-state index contributed by atoms with van der Waals surface area (Å²) in [6.45, 7) is 1.99. The Balaban J connectivity index is 0.00000312. The van der Waals surface area contributed by atoms with Gasteiger partial charge >= 0.3 is 0 Å². The van der Waals surface area contributed by atoms with Gasteiger partial charge in [0.05, 0.1) is 19.4 Å². The minimum Gasteiger partial charge on any atom is -0.496 e. The molecule has 1 aromatic carbocycles. The van der Waals surface area contributed by atoms with Crippen LogP contribution in [0.5, 0.6) is 5.75 Å². The monoisotopic (exact) mass is 389 g/mol. The van der Waals surface area contributed by atoms with Crippen molar-refractivity contribution in [3.05, 3.63) is 28.8 Å². The molecule has 1 saturated heterocycles. The molecule has 1 aromatic rings. The molecule has 0 radical (unpaired) electrons. The van der Waals surface area contributed by atoms with Gasteiger partial charge in [-0.1, -0.05) is 11.6 Å². The quantitative estimate of drug-likeness (QED) is 0.773. The van der Waals surface area contributed by atoms with Crippen molar-refractivity contribution in [3.63, 3.8) is 0 Å². The maximum absolute atomic E-state index is 12.6. The number of hydrogen-bond acceptors (Lipinski definition) is 4. The number of nitrogens with one attached hydrogen (secondary N) is 1. The average molecular weight is 390 g/mol. The van der Waals surface area contributed by atoms with Crippen molar-refractivity contribution >= 4 is 35.8 Å². The summed E-state index contributed by atoms with van der Waals surface area (Å²) in [6.07, 6.45) is 1.82. The second-order valence-electron chi connectivity index (χ2n) is 5.89. The predicted molar refractivity (Wildman–Crippen MR) is 100 cm³/mol. The fourth-order valence-corrected chi connectivity index (χ4v) is 3.11. The van der Waals surface area contributed by atoms with E-state index >= 15 is 0 Å². The van der Waals surface area contributed by atoms with Crippen molar-refractivity contribution in [1.29, 1.82) is 0 Å². The molecule has 8 heteroatoms. The van der Waals surface area contributed by atoms with Gasteiger partial charge < -0.3 is 20.7 Å². The number of benzene rings is 1. The number of methoxy groups -OCH3 is 1.